The van der Waals surface area contributed by atoms with Crippen molar-refractivity contribution < 1.29 is 14.3 Å². The summed E-state index contributed by atoms with van der Waals surface area (Å²) in [7, 11) is 2.04. The number of nitrogens with zero attached hydrogens (tertiary/aromatic N) is 2. The van der Waals surface area contributed by atoms with Crippen LogP contribution in [0.2, 0.25) is 5.02 Å². The molecule has 1 saturated heterocycles. The summed E-state index contributed by atoms with van der Waals surface area (Å²) in [4.78, 5) is 28.3. The van der Waals surface area contributed by atoms with Gasteiger partial charge in [-0.15, -0.1) is 0 Å². The van der Waals surface area contributed by atoms with Crippen molar-refractivity contribution in [1.82, 2.24) is 9.47 Å². The van der Waals surface area contributed by atoms with Gasteiger partial charge in [-0.05, 0) is 67.8 Å². The molecule has 1 amide bonds. The van der Waals surface area contributed by atoms with Crippen LogP contribution in [0.25, 0.3) is 17.0 Å². The average molecular weight is 483 g/mol. The van der Waals surface area contributed by atoms with E-state index in [1.165, 1.54) is 10.9 Å². The lowest BCUT2D eigenvalue weighted by molar-refractivity contribution is -0.150. The number of fused-ring (bicyclic) bond motifs is 1. The second kappa shape index (κ2) is 10.5. The van der Waals surface area contributed by atoms with Gasteiger partial charge in [-0.2, -0.15) is 0 Å². The highest BCUT2D eigenvalue weighted by Gasteiger charge is 2.27. The Morgan fingerprint density at radius 2 is 1.94 bits per heavy atom. The van der Waals surface area contributed by atoms with Crippen LogP contribution in [0, 0.1) is 5.92 Å². The summed E-state index contributed by atoms with van der Waals surface area (Å²) in [5, 5.41) is 1.85. The van der Waals surface area contributed by atoms with E-state index in [9.17, 15) is 9.59 Å². The first-order valence-electron chi connectivity index (χ1n) is 11.1. The van der Waals surface area contributed by atoms with Gasteiger partial charge >= 0.3 is 5.97 Å². The van der Waals surface area contributed by atoms with Gasteiger partial charge in [0.25, 0.3) is 0 Å². The molecule has 0 saturated carbocycles. The molecule has 33 heavy (non-hydrogen) atoms. The van der Waals surface area contributed by atoms with Crippen molar-refractivity contribution in [3.63, 3.8) is 0 Å². The summed E-state index contributed by atoms with van der Waals surface area (Å²) >= 11 is 8.16. The summed E-state index contributed by atoms with van der Waals surface area (Å²) in [5.74, 6) is -0.316. The van der Waals surface area contributed by atoms with Crippen molar-refractivity contribution in [2.45, 2.75) is 29.6 Å². The number of rotatable bonds is 6. The number of aromatic nitrogens is 1. The lowest BCUT2D eigenvalue weighted by atomic mass is 9.97. The molecule has 0 radical (unpaired) electrons. The van der Waals surface area contributed by atoms with Gasteiger partial charge < -0.3 is 14.2 Å². The quantitative estimate of drug-likeness (QED) is 0.329. The molecular weight excluding hydrogens is 456 g/mol. The van der Waals surface area contributed by atoms with Gasteiger partial charge in [0.1, 0.15) is 0 Å². The number of hydrogen-bond acceptors (Lipinski definition) is 4. The molecule has 0 atom stereocenters. The minimum absolute atomic E-state index is 0.0527. The highest BCUT2D eigenvalue weighted by Crippen LogP contribution is 2.35. The molecule has 1 fully saturated rings. The van der Waals surface area contributed by atoms with Crippen LogP contribution in [0.3, 0.4) is 0 Å². The molecule has 5 nitrogen and oxygen atoms in total. The van der Waals surface area contributed by atoms with Crippen LogP contribution in [-0.2, 0) is 21.4 Å². The van der Waals surface area contributed by atoms with E-state index < -0.39 is 0 Å². The number of likely N-dealkylation sites (tertiary alicyclic amines) is 1. The van der Waals surface area contributed by atoms with Crippen molar-refractivity contribution in [2.75, 3.05) is 19.7 Å². The third kappa shape index (κ3) is 5.63. The fraction of sp³-hybridized carbons (Fsp3) is 0.308. The smallest absolute Gasteiger partial charge is 0.309 e. The van der Waals surface area contributed by atoms with Gasteiger partial charge in [0, 0.05) is 53.1 Å². The Morgan fingerprint density at radius 3 is 2.67 bits per heavy atom. The molecule has 1 aromatic heterocycles. The molecule has 0 spiro atoms. The maximum absolute atomic E-state index is 12.6. The topological polar surface area (TPSA) is 51.5 Å². The molecule has 4 rings (SSSR count). The van der Waals surface area contributed by atoms with Crippen molar-refractivity contribution >= 4 is 52.2 Å². The Balaban J connectivity index is 1.35. The molecule has 1 aliphatic rings. The Labute approximate surface area is 203 Å². The Kier molecular flexibility index (Phi) is 7.46. The van der Waals surface area contributed by atoms with Crippen LogP contribution in [0.1, 0.15) is 25.3 Å². The van der Waals surface area contributed by atoms with Gasteiger partial charge in [0.05, 0.1) is 17.5 Å². The lowest BCUT2D eigenvalue weighted by Crippen LogP contribution is -2.39. The monoisotopic (exact) mass is 482 g/mol. The molecule has 0 aliphatic carbocycles. The first kappa shape index (κ1) is 23.5. The summed E-state index contributed by atoms with van der Waals surface area (Å²) in [5.41, 5.74) is 2.07. The standard InChI is InChI=1S/C26H27ClN2O3S/c1-3-32-26(31)19-11-14-29(15-12-19)25(30)9-5-18-4-8-24(22(27)16-18)33-21-6-7-23-20(17-21)10-13-28(23)2/h4-10,13,16-17,19H,3,11-12,14-15H2,1-2H3. The van der Waals surface area contributed by atoms with Gasteiger partial charge in [0.2, 0.25) is 5.91 Å². The molecule has 2 aromatic carbocycles. The number of esters is 1. The van der Waals surface area contributed by atoms with E-state index in [-0.39, 0.29) is 17.8 Å². The first-order valence-corrected chi connectivity index (χ1v) is 12.3. The van der Waals surface area contributed by atoms with Crippen molar-refractivity contribution in [3.05, 3.63) is 65.3 Å². The second-order valence-electron chi connectivity index (χ2n) is 8.12. The van der Waals surface area contributed by atoms with Crippen LogP contribution in [0.5, 0.6) is 0 Å². The zero-order valence-corrected chi connectivity index (χ0v) is 20.4. The number of piperidine rings is 1. The SMILES string of the molecule is CCOC(=O)C1CCN(C(=O)C=Cc2ccc(Sc3ccc4c(ccn4C)c3)c(Cl)c2)CC1. The maximum atomic E-state index is 12.6. The van der Waals surface area contributed by atoms with E-state index in [0.29, 0.717) is 37.6 Å². The lowest BCUT2D eigenvalue weighted by Gasteiger charge is -2.30. The van der Waals surface area contributed by atoms with Crippen molar-refractivity contribution in [1.29, 1.82) is 0 Å². The van der Waals surface area contributed by atoms with E-state index in [0.717, 1.165) is 15.4 Å². The van der Waals surface area contributed by atoms with Crippen LogP contribution >= 0.6 is 23.4 Å². The number of carbonyl (C=O) groups is 2. The first-order chi connectivity index (χ1) is 15.9. The van der Waals surface area contributed by atoms with Crippen LogP contribution in [0.4, 0.5) is 0 Å². The maximum Gasteiger partial charge on any atom is 0.309 e. The average Bonchev–Trinajstić information content (AvgIpc) is 3.19. The molecule has 0 unspecified atom stereocenters. The highest BCUT2D eigenvalue weighted by atomic mass is 35.5. The molecule has 172 valence electrons. The highest BCUT2D eigenvalue weighted by molar-refractivity contribution is 7.99. The number of amides is 1. The number of aryl methyl sites for hydroxylation is 1. The largest absolute Gasteiger partial charge is 0.466 e. The third-order valence-corrected chi connectivity index (χ3v) is 7.38. The zero-order valence-electron chi connectivity index (χ0n) is 18.8. The van der Waals surface area contributed by atoms with Crippen LogP contribution in [0.15, 0.2) is 64.5 Å². The summed E-state index contributed by atoms with van der Waals surface area (Å²) in [6, 6.07) is 14.3. The molecule has 1 aliphatic heterocycles. The van der Waals surface area contributed by atoms with Crippen LogP contribution in [-0.4, -0.2) is 41.0 Å². The van der Waals surface area contributed by atoms with Gasteiger partial charge in [0.15, 0.2) is 0 Å². The minimum atomic E-state index is -0.156. The Bertz CT molecular complexity index is 1200. The van der Waals surface area contributed by atoms with Crippen LogP contribution < -0.4 is 0 Å². The zero-order chi connectivity index (χ0) is 23.4. The summed E-state index contributed by atoms with van der Waals surface area (Å²) in [6.07, 6.45) is 6.70. The van der Waals surface area contributed by atoms with Gasteiger partial charge in [-0.25, -0.2) is 0 Å². The summed E-state index contributed by atoms with van der Waals surface area (Å²) in [6.45, 7) is 3.33. The fourth-order valence-corrected chi connectivity index (χ4v) is 5.20. The predicted octanol–water partition coefficient (Wildman–Crippen LogP) is 5.80. The van der Waals surface area contributed by atoms with Gasteiger partial charge in [-0.3, -0.25) is 9.59 Å². The van der Waals surface area contributed by atoms with E-state index >= 15 is 0 Å². The molecule has 0 bridgehead atoms. The van der Waals surface area contributed by atoms with E-state index in [1.807, 2.05) is 32.2 Å². The second-order valence-corrected chi connectivity index (χ2v) is 9.65. The molecule has 7 heteroatoms. The third-order valence-electron chi connectivity index (χ3n) is 5.89. The van der Waals surface area contributed by atoms with Crippen molar-refractivity contribution in [3.8, 4) is 0 Å². The summed E-state index contributed by atoms with van der Waals surface area (Å²) < 4.78 is 7.19. The van der Waals surface area contributed by atoms with Crippen molar-refractivity contribution in [2.24, 2.45) is 13.0 Å². The Hall–Kier alpha value is -2.70. The number of halogens is 1. The number of benzene rings is 2. The van der Waals surface area contributed by atoms with E-state index in [2.05, 4.69) is 35.0 Å². The molecule has 2 heterocycles. The predicted molar refractivity (Wildman–Crippen MR) is 133 cm³/mol. The molecular formula is C26H27ClN2O3S. The number of ether oxygens (including phenoxy) is 1. The Morgan fingerprint density at radius 1 is 1.15 bits per heavy atom. The van der Waals surface area contributed by atoms with E-state index in [4.69, 9.17) is 16.3 Å². The number of carbonyl (C=O) groups excluding carboxylic acids is 2. The molecule has 0 N–H and O–H groups in total. The fourth-order valence-electron chi connectivity index (χ4n) is 4.02. The minimum Gasteiger partial charge on any atom is -0.466 e. The number of hydrogen-bond donors (Lipinski definition) is 0. The molecule has 3 aromatic rings. The van der Waals surface area contributed by atoms with Gasteiger partial charge in [-0.1, -0.05) is 29.4 Å². The van der Waals surface area contributed by atoms with E-state index in [1.54, 1.807) is 28.8 Å². The normalized spacial score (nSPS) is 14.8.